The minimum absolute atomic E-state index is 0.388. The maximum Gasteiger partial charge on any atom is 0.191 e. The molecule has 0 N–H and O–H groups in total. The second kappa shape index (κ2) is 9.43. The lowest BCUT2D eigenvalue weighted by Crippen LogP contribution is -2.07. The molecule has 0 spiro atoms. The number of aromatic nitrogens is 4. The molecule has 5 nitrogen and oxygen atoms in total. The molecule has 0 unspecified atom stereocenters. The molecule has 0 aliphatic carbocycles. The van der Waals surface area contributed by atoms with E-state index in [1.807, 2.05) is 54.6 Å². The Kier molecular flexibility index (Phi) is 6.49. The van der Waals surface area contributed by atoms with E-state index < -0.39 is 0 Å². The SMILES string of the molecule is CCn1c(COc2ccccc2)nnc1SCc1csc(-c2ccccc2Cl)n1. The van der Waals surface area contributed by atoms with Gasteiger partial charge >= 0.3 is 0 Å². The van der Waals surface area contributed by atoms with Crippen LogP contribution in [0, 0.1) is 0 Å². The van der Waals surface area contributed by atoms with Crippen molar-refractivity contribution in [2.75, 3.05) is 0 Å². The highest BCUT2D eigenvalue weighted by Crippen LogP contribution is 2.31. The first-order valence-corrected chi connectivity index (χ1v) is 11.4. The third-order valence-electron chi connectivity index (χ3n) is 4.23. The van der Waals surface area contributed by atoms with Crippen LogP contribution in [-0.2, 0) is 18.9 Å². The maximum atomic E-state index is 6.29. The van der Waals surface area contributed by atoms with Crippen molar-refractivity contribution in [2.45, 2.75) is 31.0 Å². The highest BCUT2D eigenvalue weighted by molar-refractivity contribution is 7.98. The Hall–Kier alpha value is -2.35. The van der Waals surface area contributed by atoms with Gasteiger partial charge in [0.1, 0.15) is 17.4 Å². The van der Waals surface area contributed by atoms with Gasteiger partial charge in [-0.2, -0.15) is 0 Å². The van der Waals surface area contributed by atoms with Gasteiger partial charge in [0.2, 0.25) is 0 Å². The largest absolute Gasteiger partial charge is 0.486 e. The van der Waals surface area contributed by atoms with Crippen LogP contribution in [0.5, 0.6) is 5.75 Å². The highest BCUT2D eigenvalue weighted by atomic mass is 35.5. The summed E-state index contributed by atoms with van der Waals surface area (Å²) in [5.41, 5.74) is 1.97. The van der Waals surface area contributed by atoms with Gasteiger partial charge in [-0.3, -0.25) is 0 Å². The van der Waals surface area contributed by atoms with E-state index in [1.54, 1.807) is 23.1 Å². The van der Waals surface area contributed by atoms with Crippen LogP contribution in [0.3, 0.4) is 0 Å². The van der Waals surface area contributed by atoms with Gasteiger partial charge in [0.05, 0.1) is 10.7 Å². The van der Waals surface area contributed by atoms with Crippen molar-refractivity contribution in [2.24, 2.45) is 0 Å². The zero-order valence-corrected chi connectivity index (χ0v) is 18.2. The number of para-hydroxylation sites is 1. The van der Waals surface area contributed by atoms with E-state index in [-0.39, 0.29) is 0 Å². The van der Waals surface area contributed by atoms with Crippen LogP contribution >= 0.6 is 34.7 Å². The zero-order valence-electron chi connectivity index (χ0n) is 15.8. The zero-order chi connectivity index (χ0) is 20.1. The van der Waals surface area contributed by atoms with Crippen molar-refractivity contribution < 1.29 is 4.74 Å². The van der Waals surface area contributed by atoms with Crippen LogP contribution in [-0.4, -0.2) is 19.7 Å². The number of hydrogen-bond donors (Lipinski definition) is 0. The quantitative estimate of drug-likeness (QED) is 0.316. The normalized spacial score (nSPS) is 11.0. The molecule has 0 fully saturated rings. The molecule has 0 aliphatic heterocycles. The summed E-state index contributed by atoms with van der Waals surface area (Å²) in [5, 5.41) is 13.2. The van der Waals surface area contributed by atoms with Crippen molar-refractivity contribution in [3.63, 3.8) is 0 Å². The molecule has 4 aromatic rings. The van der Waals surface area contributed by atoms with E-state index in [4.69, 9.17) is 21.3 Å². The Balaban J connectivity index is 1.41. The number of ether oxygens (including phenoxy) is 1. The second-order valence-corrected chi connectivity index (χ2v) is 8.37. The summed E-state index contributed by atoms with van der Waals surface area (Å²) < 4.78 is 7.90. The first kappa shape index (κ1) is 19.9. The van der Waals surface area contributed by atoms with Crippen LogP contribution in [0.25, 0.3) is 10.6 Å². The number of thioether (sulfide) groups is 1. The minimum atomic E-state index is 0.388. The van der Waals surface area contributed by atoms with Crippen molar-refractivity contribution in [3.8, 4) is 16.3 Å². The van der Waals surface area contributed by atoms with Gasteiger partial charge in [-0.25, -0.2) is 4.98 Å². The Bertz CT molecular complexity index is 1080. The topological polar surface area (TPSA) is 52.8 Å². The fourth-order valence-corrected chi connectivity index (χ4v) is 4.94. The van der Waals surface area contributed by atoms with E-state index in [2.05, 4.69) is 27.1 Å². The molecule has 0 amide bonds. The van der Waals surface area contributed by atoms with Crippen LogP contribution in [0.1, 0.15) is 18.4 Å². The lowest BCUT2D eigenvalue weighted by Gasteiger charge is -2.08. The second-order valence-electron chi connectivity index (χ2n) is 6.16. The first-order chi connectivity index (χ1) is 14.2. The van der Waals surface area contributed by atoms with Gasteiger partial charge in [0.15, 0.2) is 11.0 Å². The smallest absolute Gasteiger partial charge is 0.191 e. The lowest BCUT2D eigenvalue weighted by molar-refractivity contribution is 0.288. The van der Waals surface area contributed by atoms with E-state index in [9.17, 15) is 0 Å². The Morgan fingerprint density at radius 2 is 1.86 bits per heavy atom. The monoisotopic (exact) mass is 442 g/mol. The molecule has 2 aromatic heterocycles. The third-order valence-corrected chi connectivity index (χ3v) is 6.48. The third kappa shape index (κ3) is 4.80. The van der Waals surface area contributed by atoms with Crippen LogP contribution < -0.4 is 4.74 Å². The van der Waals surface area contributed by atoms with Crippen LogP contribution in [0.4, 0.5) is 0 Å². The van der Waals surface area contributed by atoms with Gasteiger partial charge in [-0.05, 0) is 25.1 Å². The number of benzene rings is 2. The molecule has 0 bridgehead atoms. The maximum absolute atomic E-state index is 6.29. The van der Waals surface area contributed by atoms with Gasteiger partial charge < -0.3 is 9.30 Å². The molecule has 0 radical (unpaired) electrons. The molecular formula is C21H19ClN4OS2. The standard InChI is InChI=1S/C21H19ClN4OS2/c1-2-26-19(12-27-16-8-4-3-5-9-16)24-25-21(26)29-14-15-13-28-20(23-15)17-10-6-7-11-18(17)22/h3-11,13H,2,12,14H2,1H3. The number of nitrogens with zero attached hydrogens (tertiary/aromatic N) is 4. The summed E-state index contributed by atoms with van der Waals surface area (Å²) in [4.78, 5) is 4.73. The molecule has 29 heavy (non-hydrogen) atoms. The number of rotatable bonds is 8. The minimum Gasteiger partial charge on any atom is -0.486 e. The fraction of sp³-hybridized carbons (Fsp3) is 0.190. The van der Waals surface area contributed by atoms with Gasteiger partial charge in [0.25, 0.3) is 0 Å². The average molecular weight is 443 g/mol. The summed E-state index contributed by atoms with van der Waals surface area (Å²) in [6.45, 7) is 3.25. The molecule has 8 heteroatoms. The predicted octanol–water partition coefficient (Wildman–Crippen LogP) is 5.95. The summed E-state index contributed by atoms with van der Waals surface area (Å²) in [5.74, 6) is 2.36. The Morgan fingerprint density at radius 1 is 1.07 bits per heavy atom. The molecule has 0 aliphatic rings. The lowest BCUT2D eigenvalue weighted by atomic mass is 10.2. The summed E-state index contributed by atoms with van der Waals surface area (Å²) >= 11 is 9.51. The summed E-state index contributed by atoms with van der Waals surface area (Å²) in [6, 6.07) is 17.5. The summed E-state index contributed by atoms with van der Waals surface area (Å²) in [6.07, 6.45) is 0. The molecule has 2 aromatic carbocycles. The van der Waals surface area contributed by atoms with Crippen LogP contribution in [0.15, 0.2) is 65.1 Å². The van der Waals surface area contributed by atoms with Crippen molar-refractivity contribution in [1.82, 2.24) is 19.7 Å². The predicted molar refractivity (Wildman–Crippen MR) is 119 cm³/mol. The molecule has 4 rings (SSSR count). The average Bonchev–Trinajstić information content (AvgIpc) is 3.38. The van der Waals surface area contributed by atoms with E-state index in [0.29, 0.717) is 6.61 Å². The Morgan fingerprint density at radius 3 is 2.66 bits per heavy atom. The molecule has 148 valence electrons. The molecule has 0 saturated carbocycles. The Labute approximate surface area is 182 Å². The molecule has 2 heterocycles. The molecular weight excluding hydrogens is 424 g/mol. The highest BCUT2D eigenvalue weighted by Gasteiger charge is 2.14. The van der Waals surface area contributed by atoms with Crippen molar-refractivity contribution >= 4 is 34.7 Å². The van der Waals surface area contributed by atoms with E-state index in [0.717, 1.165) is 50.3 Å². The van der Waals surface area contributed by atoms with Gasteiger partial charge in [-0.15, -0.1) is 21.5 Å². The van der Waals surface area contributed by atoms with Gasteiger partial charge in [-0.1, -0.05) is 59.8 Å². The number of halogens is 1. The number of thiazole rings is 1. The summed E-state index contributed by atoms with van der Waals surface area (Å²) in [7, 11) is 0. The first-order valence-electron chi connectivity index (χ1n) is 9.16. The van der Waals surface area contributed by atoms with Crippen molar-refractivity contribution in [1.29, 1.82) is 0 Å². The van der Waals surface area contributed by atoms with Gasteiger partial charge in [0, 0.05) is 23.2 Å². The van der Waals surface area contributed by atoms with Crippen molar-refractivity contribution in [3.05, 3.63) is 76.5 Å². The number of hydrogen-bond acceptors (Lipinski definition) is 6. The van der Waals surface area contributed by atoms with Crippen LogP contribution in [0.2, 0.25) is 5.02 Å². The van der Waals surface area contributed by atoms with E-state index >= 15 is 0 Å². The molecule has 0 saturated heterocycles. The molecule has 0 atom stereocenters. The van der Waals surface area contributed by atoms with E-state index in [1.165, 1.54) is 0 Å². The fourth-order valence-electron chi connectivity index (χ4n) is 2.78.